The van der Waals surface area contributed by atoms with Crippen LogP contribution in [0.3, 0.4) is 0 Å². The predicted molar refractivity (Wildman–Crippen MR) is 224 cm³/mol. The molecule has 2 aromatic carbocycles. The highest BCUT2D eigenvalue weighted by Crippen LogP contribution is 2.48. The molecule has 3 aliphatic rings. The number of benzene rings is 2. The molecule has 1 unspecified atom stereocenters. The molecule has 0 radical (unpaired) electrons. The fraction of sp³-hybridized carbons (Fsp3) is 0.512. The van der Waals surface area contributed by atoms with Crippen LogP contribution in [0.15, 0.2) is 95.4 Å². The molecule has 0 aromatic heterocycles. The summed E-state index contributed by atoms with van der Waals surface area (Å²) in [4.78, 5) is 4.04. The highest BCUT2D eigenvalue weighted by atomic mass is 32.2. The molecule has 2 aromatic rings. The van der Waals surface area contributed by atoms with Crippen LogP contribution >= 0.6 is 0 Å². The number of rotatable bonds is 16. The number of likely N-dealkylation sites (N-methyl/N-ethyl adjacent to an activating group) is 1. The second kappa shape index (κ2) is 16.7. The molecule has 3 N–H and O–H groups in total. The number of allylic oxidation sites excluding steroid dienone is 7. The third-order valence-electron chi connectivity index (χ3n) is 11.0. The summed E-state index contributed by atoms with van der Waals surface area (Å²) in [7, 11) is -6.24. The number of aliphatic hydroxyl groups excluding tert-OH is 1. The van der Waals surface area contributed by atoms with E-state index in [1.165, 1.54) is 11.1 Å². The predicted octanol–water partition coefficient (Wildman–Crippen LogP) is 7.63. The molecule has 11 nitrogen and oxygen atoms in total. The van der Waals surface area contributed by atoms with Gasteiger partial charge in [-0.15, -0.1) is 0 Å². The van der Waals surface area contributed by atoms with Crippen LogP contribution in [-0.2, 0) is 35.8 Å². The van der Waals surface area contributed by atoms with Crippen molar-refractivity contribution in [1.82, 2.24) is 4.90 Å². The molecule has 0 spiro atoms. The number of aliphatic hydroxyl groups is 1. The molecular weight excluding hydrogens is 751 g/mol. The van der Waals surface area contributed by atoms with E-state index >= 15 is 0 Å². The molecule has 2 heterocycles. The Balaban J connectivity index is 1.56. The minimum absolute atomic E-state index is 0.279. The second-order valence-electron chi connectivity index (χ2n) is 17.1. The van der Waals surface area contributed by atoms with Gasteiger partial charge in [0.25, 0.3) is 20.2 Å². The summed E-state index contributed by atoms with van der Waals surface area (Å²) < 4.78 is 72.7. The summed E-state index contributed by atoms with van der Waals surface area (Å²) >= 11 is 0. The van der Waals surface area contributed by atoms with Crippen LogP contribution in [0.1, 0.15) is 98.1 Å². The van der Waals surface area contributed by atoms with Gasteiger partial charge in [-0.05, 0) is 95.6 Å². The summed E-state index contributed by atoms with van der Waals surface area (Å²) in [5.74, 6) is -0.558. The van der Waals surface area contributed by atoms with Gasteiger partial charge in [-0.1, -0.05) is 62.4 Å². The minimum atomic E-state index is -4.04. The zero-order chi connectivity index (χ0) is 41.3. The smallest absolute Gasteiger partial charge is 0.264 e. The lowest BCUT2D eigenvalue weighted by Gasteiger charge is -2.33. The van der Waals surface area contributed by atoms with Crippen molar-refractivity contribution in [3.05, 3.63) is 107 Å². The topological polar surface area (TPSA) is 148 Å². The molecule has 0 saturated heterocycles. The molecule has 5 rings (SSSR count). The number of para-hydroxylation sites is 2. The van der Waals surface area contributed by atoms with E-state index in [1.807, 2.05) is 52.1 Å². The molecule has 13 heteroatoms. The van der Waals surface area contributed by atoms with Crippen LogP contribution < -0.4 is 4.90 Å². The van der Waals surface area contributed by atoms with Gasteiger partial charge in [0.15, 0.2) is 5.71 Å². The zero-order valence-electron chi connectivity index (χ0n) is 34.1. The third-order valence-corrected chi connectivity index (χ3v) is 12.6. The van der Waals surface area contributed by atoms with E-state index in [0.717, 1.165) is 52.5 Å². The lowest BCUT2D eigenvalue weighted by Crippen LogP contribution is -2.39. The van der Waals surface area contributed by atoms with Gasteiger partial charge in [0.1, 0.15) is 6.54 Å². The molecule has 1 aliphatic carbocycles. The normalized spacial score (nSPS) is 20.2. The van der Waals surface area contributed by atoms with Crippen LogP contribution in [-0.4, -0.2) is 89.9 Å². The molecule has 2 aliphatic heterocycles. The number of hydrogen-bond donors (Lipinski definition) is 3. The lowest BCUT2D eigenvalue weighted by molar-refractivity contribution is -0.438. The maximum absolute atomic E-state index is 11.4. The van der Waals surface area contributed by atoms with Crippen LogP contribution in [0.4, 0.5) is 11.4 Å². The largest absolute Gasteiger partial charge is 0.351 e. The zero-order valence-corrected chi connectivity index (χ0v) is 35.8. The highest BCUT2D eigenvalue weighted by Gasteiger charge is 2.44. The number of fused-ring (bicyclic) bond motifs is 2. The Morgan fingerprint density at radius 2 is 1.45 bits per heavy atom. The first-order valence-corrected chi connectivity index (χ1v) is 22.7. The molecule has 0 saturated carbocycles. The number of nitrogens with zero attached hydrogens (tertiary/aromatic N) is 3. The van der Waals surface area contributed by atoms with Crippen LogP contribution in [0.2, 0.25) is 0 Å². The van der Waals surface area contributed by atoms with Gasteiger partial charge >= 0.3 is 0 Å². The SMILES string of the molecule is CN(C1=C(/C=C/C2=[N+](CCCCS(=O)(=O)O)c3ccccc3C2(C)C)CC/C1=C\C=C1\N(CCCCS(=O)(=O)O)c2ccccc2C1(C)C)C(O)OC(C)(C)C. The quantitative estimate of drug-likeness (QED) is 0.0669. The van der Waals surface area contributed by atoms with Crippen LogP contribution in [0.25, 0.3) is 0 Å². The Labute approximate surface area is 334 Å². The van der Waals surface area contributed by atoms with Crippen molar-refractivity contribution < 1.29 is 40.4 Å². The summed E-state index contributed by atoms with van der Waals surface area (Å²) in [5.41, 5.74) is 8.31. The number of ether oxygens (including phenoxy) is 1. The maximum Gasteiger partial charge on any atom is 0.264 e. The first-order chi connectivity index (χ1) is 26.0. The minimum Gasteiger partial charge on any atom is -0.351 e. The first-order valence-electron chi connectivity index (χ1n) is 19.4. The van der Waals surface area contributed by atoms with E-state index in [9.17, 15) is 31.0 Å². The van der Waals surface area contributed by atoms with E-state index in [1.54, 1.807) is 4.90 Å². The van der Waals surface area contributed by atoms with Crippen molar-refractivity contribution in [2.24, 2.45) is 0 Å². The first kappa shape index (κ1) is 43.5. The van der Waals surface area contributed by atoms with E-state index in [0.29, 0.717) is 38.8 Å². The Hall–Kier alpha value is -3.59. The fourth-order valence-corrected chi connectivity index (χ4v) is 9.37. The average Bonchev–Trinajstić information content (AvgIpc) is 3.66. The molecule has 0 bridgehead atoms. The summed E-state index contributed by atoms with van der Waals surface area (Å²) in [5, 5.41) is 11.4. The van der Waals surface area contributed by atoms with Gasteiger partial charge in [0.2, 0.25) is 12.1 Å². The molecule has 0 fully saturated rings. The van der Waals surface area contributed by atoms with Crippen LogP contribution in [0, 0.1) is 0 Å². The molecule has 1 atom stereocenters. The summed E-state index contributed by atoms with van der Waals surface area (Å²) in [6.45, 7) is 15.6. The van der Waals surface area contributed by atoms with Crippen molar-refractivity contribution in [2.45, 2.75) is 110 Å². The fourth-order valence-electron chi connectivity index (χ4n) is 8.23. The van der Waals surface area contributed by atoms with Gasteiger partial charge in [0.05, 0.1) is 22.5 Å². The number of hydrogen-bond acceptors (Lipinski definition) is 8. The standard InChI is InChI=1S/C43H59N3O8S2/c1-41(2,3)54-40(47)44(8)39-31(23-25-37-42(4,5)33-17-9-11-19-35(33)45(37)27-13-15-29-55(48,49)50)21-22-32(39)24-26-38-43(6,7)34-18-10-12-20-36(34)46(38)28-14-16-30-56(51,52)53/h9-12,17-20,23-26,40,47H,13-16,21-22,27-30H2,1-8H3,(H-,48,49,50,51,52,53)/p+1. The summed E-state index contributed by atoms with van der Waals surface area (Å²) in [6, 6.07) is 16.5. The molecule has 56 heavy (non-hydrogen) atoms. The Morgan fingerprint density at radius 1 is 0.839 bits per heavy atom. The van der Waals surface area contributed by atoms with E-state index in [2.05, 4.69) is 85.7 Å². The number of unbranched alkanes of at least 4 members (excludes halogenated alkanes) is 2. The van der Waals surface area contributed by atoms with Crippen molar-refractivity contribution >= 4 is 37.3 Å². The van der Waals surface area contributed by atoms with Crippen molar-refractivity contribution in [1.29, 1.82) is 0 Å². The monoisotopic (exact) mass is 810 g/mol. The van der Waals surface area contributed by atoms with Gasteiger partial charge in [-0.2, -0.15) is 21.4 Å². The van der Waals surface area contributed by atoms with Crippen molar-refractivity contribution in [3.63, 3.8) is 0 Å². The van der Waals surface area contributed by atoms with E-state index < -0.39 is 32.3 Å². The Morgan fingerprint density at radius 3 is 2.09 bits per heavy atom. The van der Waals surface area contributed by atoms with Gasteiger partial charge in [-0.25, -0.2) is 0 Å². The van der Waals surface area contributed by atoms with Gasteiger partial charge in [-0.3, -0.25) is 9.11 Å². The Bertz CT molecular complexity index is 2170. The Kier molecular flexibility index (Phi) is 13.0. The second-order valence-corrected chi connectivity index (χ2v) is 20.2. The van der Waals surface area contributed by atoms with Gasteiger partial charge < -0.3 is 19.6 Å². The summed E-state index contributed by atoms with van der Waals surface area (Å²) in [6.07, 6.45) is 10.6. The highest BCUT2D eigenvalue weighted by molar-refractivity contribution is 7.86. The van der Waals surface area contributed by atoms with E-state index in [4.69, 9.17) is 4.74 Å². The van der Waals surface area contributed by atoms with Crippen molar-refractivity contribution in [3.8, 4) is 0 Å². The van der Waals surface area contributed by atoms with Gasteiger partial charge in [0, 0.05) is 60.2 Å². The third kappa shape index (κ3) is 10.1. The molecular formula is C43H60N3O8S2+. The lowest BCUT2D eigenvalue weighted by atomic mass is 9.81. The number of anilines is 1. The van der Waals surface area contributed by atoms with Crippen LogP contribution in [0.5, 0.6) is 0 Å². The van der Waals surface area contributed by atoms with E-state index in [-0.39, 0.29) is 22.3 Å². The molecule has 306 valence electrons. The average molecular weight is 811 g/mol. The van der Waals surface area contributed by atoms with Crippen molar-refractivity contribution in [2.75, 3.05) is 36.5 Å². The maximum atomic E-state index is 11.4. The molecule has 0 amide bonds.